The van der Waals surface area contributed by atoms with Crippen molar-refractivity contribution < 1.29 is 4.79 Å². The summed E-state index contributed by atoms with van der Waals surface area (Å²) in [4.78, 5) is 12.7. The Bertz CT molecular complexity index is 725. The minimum absolute atomic E-state index is 0.0767. The summed E-state index contributed by atoms with van der Waals surface area (Å²) < 4.78 is 0. The van der Waals surface area contributed by atoms with Crippen LogP contribution in [0.1, 0.15) is 30.9 Å². The molecule has 2 N–H and O–H groups in total. The molecule has 2 aromatic carbocycles. The summed E-state index contributed by atoms with van der Waals surface area (Å²) in [6.07, 6.45) is 0. The minimum atomic E-state index is -0.0953. The molecule has 1 aliphatic heterocycles. The van der Waals surface area contributed by atoms with Crippen molar-refractivity contribution in [3.63, 3.8) is 0 Å². The van der Waals surface area contributed by atoms with Crippen molar-refractivity contribution in [2.45, 2.75) is 19.8 Å². The first-order chi connectivity index (χ1) is 10.6. The second kappa shape index (κ2) is 5.89. The number of nitrogens with one attached hydrogen (secondary N) is 2. The number of carbonyl (C=O) groups is 1. The molecular formula is C18H18N2OS. The fourth-order valence-electron chi connectivity index (χ4n) is 2.82. The molecule has 4 heteroatoms. The molecule has 2 aromatic rings. The number of fused-ring (bicyclic) bond motifs is 1. The standard InChI is InChI=1S/C18H18N2OS/c1-11(2)16-14-10-13(8-9-15(14)20-17(16)21)19-18(22)12-6-4-3-5-7-12/h3-11,16H,1-2H3,(H,19,22)(H,20,21). The molecule has 0 saturated carbocycles. The summed E-state index contributed by atoms with van der Waals surface area (Å²) >= 11 is 5.44. The monoisotopic (exact) mass is 310 g/mol. The lowest BCUT2D eigenvalue weighted by Gasteiger charge is -2.14. The van der Waals surface area contributed by atoms with Gasteiger partial charge >= 0.3 is 0 Å². The molecule has 1 atom stereocenters. The molecule has 22 heavy (non-hydrogen) atoms. The Morgan fingerprint density at radius 2 is 1.91 bits per heavy atom. The van der Waals surface area contributed by atoms with E-state index >= 15 is 0 Å². The first-order valence-corrected chi connectivity index (χ1v) is 7.78. The highest BCUT2D eigenvalue weighted by molar-refractivity contribution is 7.81. The molecule has 1 unspecified atom stereocenters. The van der Waals surface area contributed by atoms with Gasteiger partial charge < -0.3 is 10.6 Å². The van der Waals surface area contributed by atoms with E-state index in [1.165, 1.54) is 0 Å². The Balaban J connectivity index is 1.86. The smallest absolute Gasteiger partial charge is 0.232 e. The molecule has 0 fully saturated rings. The Morgan fingerprint density at radius 1 is 1.18 bits per heavy atom. The van der Waals surface area contributed by atoms with Crippen LogP contribution in [0.3, 0.4) is 0 Å². The number of rotatable bonds is 3. The van der Waals surface area contributed by atoms with Crippen molar-refractivity contribution >= 4 is 34.5 Å². The fraction of sp³-hybridized carbons (Fsp3) is 0.222. The molecule has 0 radical (unpaired) electrons. The van der Waals surface area contributed by atoms with Crippen LogP contribution in [0.25, 0.3) is 0 Å². The van der Waals surface area contributed by atoms with Gasteiger partial charge in [0.2, 0.25) is 5.91 Å². The molecule has 0 saturated heterocycles. The van der Waals surface area contributed by atoms with Crippen LogP contribution in [0.2, 0.25) is 0 Å². The van der Waals surface area contributed by atoms with Gasteiger partial charge in [-0.05, 0) is 29.7 Å². The number of amides is 1. The molecule has 0 aliphatic carbocycles. The van der Waals surface area contributed by atoms with Crippen LogP contribution >= 0.6 is 12.2 Å². The van der Waals surface area contributed by atoms with Crippen molar-refractivity contribution in [1.82, 2.24) is 0 Å². The maximum atomic E-state index is 12.1. The topological polar surface area (TPSA) is 41.1 Å². The average Bonchev–Trinajstić information content (AvgIpc) is 2.83. The van der Waals surface area contributed by atoms with Crippen molar-refractivity contribution in [3.8, 4) is 0 Å². The van der Waals surface area contributed by atoms with E-state index in [1.807, 2.05) is 48.5 Å². The number of hydrogen-bond donors (Lipinski definition) is 2. The summed E-state index contributed by atoms with van der Waals surface area (Å²) in [6, 6.07) is 15.7. The molecule has 1 heterocycles. The van der Waals surface area contributed by atoms with Crippen molar-refractivity contribution in [2.24, 2.45) is 5.92 Å². The maximum absolute atomic E-state index is 12.1. The van der Waals surface area contributed by atoms with Crippen LogP contribution in [0.15, 0.2) is 48.5 Å². The van der Waals surface area contributed by atoms with Gasteiger partial charge in [0.25, 0.3) is 0 Å². The highest BCUT2D eigenvalue weighted by Gasteiger charge is 2.32. The number of carbonyl (C=O) groups excluding carboxylic acids is 1. The lowest BCUT2D eigenvalue weighted by molar-refractivity contribution is -0.117. The minimum Gasteiger partial charge on any atom is -0.346 e. The van der Waals surface area contributed by atoms with Gasteiger partial charge in [0.05, 0.1) is 5.92 Å². The molecule has 0 spiro atoms. The van der Waals surface area contributed by atoms with E-state index in [0.717, 1.165) is 22.5 Å². The van der Waals surface area contributed by atoms with Crippen molar-refractivity contribution in [1.29, 1.82) is 0 Å². The summed E-state index contributed by atoms with van der Waals surface area (Å²) in [7, 11) is 0. The Labute approximate surface area is 135 Å². The van der Waals surface area contributed by atoms with Crippen LogP contribution < -0.4 is 10.6 Å². The molecule has 1 amide bonds. The van der Waals surface area contributed by atoms with E-state index in [4.69, 9.17) is 12.2 Å². The van der Waals surface area contributed by atoms with Gasteiger partial charge in [-0.25, -0.2) is 0 Å². The number of anilines is 2. The van der Waals surface area contributed by atoms with E-state index in [9.17, 15) is 4.79 Å². The third-order valence-corrected chi connectivity index (χ3v) is 4.23. The zero-order valence-electron chi connectivity index (χ0n) is 12.6. The highest BCUT2D eigenvalue weighted by Crippen LogP contribution is 2.38. The largest absolute Gasteiger partial charge is 0.346 e. The maximum Gasteiger partial charge on any atom is 0.232 e. The molecule has 0 bridgehead atoms. The Kier molecular flexibility index (Phi) is 3.94. The van der Waals surface area contributed by atoms with E-state index < -0.39 is 0 Å². The van der Waals surface area contributed by atoms with Gasteiger partial charge in [0, 0.05) is 16.9 Å². The predicted octanol–water partition coefficient (Wildman–Crippen LogP) is 4.17. The molecule has 0 aromatic heterocycles. The number of thiocarbonyl (C=S) groups is 1. The van der Waals surface area contributed by atoms with Crippen LogP contribution in [-0.4, -0.2) is 10.9 Å². The second-order valence-electron chi connectivity index (χ2n) is 5.83. The van der Waals surface area contributed by atoms with Crippen molar-refractivity contribution in [3.05, 3.63) is 59.7 Å². The molecular weight excluding hydrogens is 292 g/mol. The summed E-state index contributed by atoms with van der Waals surface area (Å²) in [5.74, 6) is 0.243. The van der Waals surface area contributed by atoms with Crippen molar-refractivity contribution in [2.75, 3.05) is 10.6 Å². The van der Waals surface area contributed by atoms with Gasteiger partial charge in [-0.3, -0.25) is 4.79 Å². The molecule has 1 aliphatic rings. The molecule has 3 nitrogen and oxygen atoms in total. The quantitative estimate of drug-likeness (QED) is 0.836. The van der Waals surface area contributed by atoms with Crippen LogP contribution in [-0.2, 0) is 4.79 Å². The first kappa shape index (κ1) is 14.7. The third kappa shape index (κ3) is 2.74. The van der Waals surface area contributed by atoms with Crippen LogP contribution in [0, 0.1) is 5.92 Å². The lowest BCUT2D eigenvalue weighted by atomic mass is 9.89. The number of hydrogen-bond acceptors (Lipinski definition) is 2. The summed E-state index contributed by atoms with van der Waals surface area (Å²) in [5.41, 5.74) is 3.84. The van der Waals surface area contributed by atoms with Gasteiger partial charge in [-0.2, -0.15) is 0 Å². The van der Waals surface area contributed by atoms with Gasteiger partial charge in [-0.15, -0.1) is 0 Å². The average molecular weight is 310 g/mol. The molecule has 112 valence electrons. The zero-order valence-corrected chi connectivity index (χ0v) is 13.4. The van der Waals surface area contributed by atoms with E-state index in [2.05, 4.69) is 24.5 Å². The van der Waals surface area contributed by atoms with E-state index in [1.54, 1.807) is 0 Å². The summed E-state index contributed by atoms with van der Waals surface area (Å²) in [5, 5.41) is 6.20. The van der Waals surface area contributed by atoms with E-state index in [-0.39, 0.29) is 17.7 Å². The van der Waals surface area contributed by atoms with E-state index in [0.29, 0.717) is 4.99 Å². The zero-order chi connectivity index (χ0) is 15.7. The van der Waals surface area contributed by atoms with Gasteiger partial charge in [0.15, 0.2) is 0 Å². The first-order valence-electron chi connectivity index (χ1n) is 7.37. The lowest BCUT2D eigenvalue weighted by Crippen LogP contribution is -2.16. The SMILES string of the molecule is CC(C)C1C(=O)Nc2ccc(NC(=S)c3ccccc3)cc21. The van der Waals surface area contributed by atoms with Crippen LogP contribution in [0.5, 0.6) is 0 Å². The number of benzene rings is 2. The Morgan fingerprint density at radius 3 is 2.59 bits per heavy atom. The predicted molar refractivity (Wildman–Crippen MR) is 94.4 cm³/mol. The van der Waals surface area contributed by atoms with Crippen LogP contribution in [0.4, 0.5) is 11.4 Å². The fourth-order valence-corrected chi connectivity index (χ4v) is 3.07. The third-order valence-electron chi connectivity index (χ3n) is 3.89. The molecule has 3 rings (SSSR count). The Hall–Kier alpha value is -2.20. The highest BCUT2D eigenvalue weighted by atomic mass is 32.1. The normalized spacial score (nSPS) is 16.3. The second-order valence-corrected chi connectivity index (χ2v) is 6.24. The van der Waals surface area contributed by atoms with Gasteiger partial charge in [-0.1, -0.05) is 56.4 Å². The summed E-state index contributed by atoms with van der Waals surface area (Å²) in [6.45, 7) is 4.13. The van der Waals surface area contributed by atoms with Gasteiger partial charge in [0.1, 0.15) is 4.99 Å².